The van der Waals surface area contributed by atoms with Crippen LogP contribution in [0.5, 0.6) is 5.75 Å². The Morgan fingerprint density at radius 3 is 2.70 bits per heavy atom. The van der Waals surface area contributed by atoms with Crippen LogP contribution in [-0.2, 0) is 4.74 Å². The van der Waals surface area contributed by atoms with E-state index in [1.807, 2.05) is 24.3 Å². The molecule has 1 heterocycles. The van der Waals surface area contributed by atoms with Gasteiger partial charge < -0.3 is 14.6 Å². The van der Waals surface area contributed by atoms with Crippen molar-refractivity contribution in [1.82, 2.24) is 0 Å². The zero-order valence-electron chi connectivity index (χ0n) is 14.3. The van der Waals surface area contributed by atoms with Crippen LogP contribution in [0.3, 0.4) is 0 Å². The summed E-state index contributed by atoms with van der Waals surface area (Å²) in [7, 11) is 0.361. The van der Waals surface area contributed by atoms with Gasteiger partial charge in [-0.2, -0.15) is 0 Å². The van der Waals surface area contributed by atoms with E-state index in [0.717, 1.165) is 22.9 Å². The lowest BCUT2D eigenvalue weighted by Crippen LogP contribution is -2.35. The summed E-state index contributed by atoms with van der Waals surface area (Å²) >= 11 is 0. The molecular formula is C17H25NO4Si. The number of carbonyl (C=O) groups excluding carboxylic acids is 1. The van der Waals surface area contributed by atoms with Crippen molar-refractivity contribution in [2.75, 3.05) is 31.8 Å². The summed E-state index contributed by atoms with van der Waals surface area (Å²) < 4.78 is 10.7. The first-order valence-electron chi connectivity index (χ1n) is 7.78. The highest BCUT2D eigenvalue weighted by Gasteiger charge is 2.25. The van der Waals surface area contributed by atoms with Crippen molar-refractivity contribution in [3.05, 3.63) is 29.8 Å². The lowest BCUT2D eigenvalue weighted by Gasteiger charge is -2.28. The van der Waals surface area contributed by atoms with Crippen molar-refractivity contribution in [3.8, 4) is 5.75 Å². The Morgan fingerprint density at radius 1 is 1.35 bits per heavy atom. The molecule has 1 N–H and O–H groups in total. The van der Waals surface area contributed by atoms with Gasteiger partial charge in [0.25, 0.3) is 0 Å². The minimum absolute atomic E-state index is 0.0708. The second-order valence-corrected chi connectivity index (χ2v) is 12.4. The van der Waals surface area contributed by atoms with Gasteiger partial charge in [0.1, 0.15) is 5.75 Å². The number of hydrogen-bond acceptors (Lipinski definition) is 4. The Kier molecular flexibility index (Phi) is 5.49. The molecule has 6 heteroatoms. The average Bonchev–Trinajstić information content (AvgIpc) is 2.51. The van der Waals surface area contributed by atoms with Crippen LogP contribution in [0.25, 0.3) is 5.57 Å². The van der Waals surface area contributed by atoms with E-state index >= 15 is 0 Å². The summed E-state index contributed by atoms with van der Waals surface area (Å²) in [5, 5.41) is 9.52. The molecule has 0 aromatic heterocycles. The Bertz CT molecular complexity index is 607. The molecule has 0 aliphatic carbocycles. The number of carbonyl (C=O) groups is 1. The van der Waals surface area contributed by atoms with Gasteiger partial charge in [0, 0.05) is 20.2 Å². The van der Waals surface area contributed by atoms with E-state index in [2.05, 4.69) is 19.6 Å². The number of ether oxygens (including phenoxy) is 2. The Balaban J connectivity index is 2.16. The van der Waals surface area contributed by atoms with Gasteiger partial charge >= 0.3 is 6.09 Å². The maximum atomic E-state index is 12.4. The molecule has 2 rings (SSSR count). The van der Waals surface area contributed by atoms with Crippen LogP contribution in [0.4, 0.5) is 10.5 Å². The monoisotopic (exact) mass is 335 g/mol. The first-order valence-corrected chi connectivity index (χ1v) is 11.5. The van der Waals surface area contributed by atoms with E-state index in [0.29, 0.717) is 18.9 Å². The Hall–Kier alpha value is -1.79. The van der Waals surface area contributed by atoms with Crippen molar-refractivity contribution < 1.29 is 19.4 Å². The molecular weight excluding hydrogens is 310 g/mol. The van der Waals surface area contributed by atoms with Crippen molar-refractivity contribution in [3.63, 3.8) is 0 Å². The molecule has 0 bridgehead atoms. The molecule has 1 amide bonds. The molecule has 1 aliphatic rings. The normalized spacial score (nSPS) is 14.1. The highest BCUT2D eigenvalue weighted by atomic mass is 28.3. The summed E-state index contributed by atoms with van der Waals surface area (Å²) in [4.78, 5) is 14.0. The molecule has 0 spiro atoms. The number of aliphatic hydroxyl groups excluding tert-OH is 1. The lowest BCUT2D eigenvalue weighted by molar-refractivity contribution is 0.160. The highest BCUT2D eigenvalue weighted by molar-refractivity contribution is 6.76. The number of hydrogen-bond donors (Lipinski definition) is 1. The molecule has 1 aromatic rings. The molecule has 0 atom stereocenters. The zero-order valence-corrected chi connectivity index (χ0v) is 15.3. The molecule has 0 radical (unpaired) electrons. The van der Waals surface area contributed by atoms with Crippen LogP contribution in [0, 0.1) is 0 Å². The van der Waals surface area contributed by atoms with Gasteiger partial charge in [0.05, 0.1) is 26.0 Å². The summed E-state index contributed by atoms with van der Waals surface area (Å²) in [5.41, 5.74) is 2.35. The van der Waals surface area contributed by atoms with Crippen molar-refractivity contribution in [2.45, 2.75) is 25.7 Å². The van der Waals surface area contributed by atoms with Crippen LogP contribution in [0.1, 0.15) is 5.56 Å². The average molecular weight is 335 g/mol. The number of amides is 1. The fraction of sp³-hybridized carbons (Fsp3) is 0.471. The van der Waals surface area contributed by atoms with E-state index in [-0.39, 0.29) is 12.7 Å². The quantitative estimate of drug-likeness (QED) is 0.838. The minimum atomic E-state index is -1.23. The number of fused-ring (bicyclic) bond motifs is 1. The van der Waals surface area contributed by atoms with E-state index < -0.39 is 8.07 Å². The number of rotatable bonds is 5. The van der Waals surface area contributed by atoms with E-state index in [1.54, 1.807) is 12.0 Å². The third kappa shape index (κ3) is 4.36. The van der Waals surface area contributed by atoms with Crippen molar-refractivity contribution in [1.29, 1.82) is 0 Å². The van der Waals surface area contributed by atoms with Gasteiger partial charge in [0.15, 0.2) is 0 Å². The predicted molar refractivity (Wildman–Crippen MR) is 94.9 cm³/mol. The number of anilines is 1. The first-order chi connectivity index (χ1) is 10.9. The molecule has 0 saturated heterocycles. The molecule has 5 nitrogen and oxygen atoms in total. The number of aliphatic hydroxyl groups is 1. The topological polar surface area (TPSA) is 59.0 Å². The molecule has 23 heavy (non-hydrogen) atoms. The smallest absolute Gasteiger partial charge is 0.414 e. The maximum absolute atomic E-state index is 12.4. The zero-order chi connectivity index (χ0) is 17.0. The van der Waals surface area contributed by atoms with Gasteiger partial charge in [-0.1, -0.05) is 25.7 Å². The van der Waals surface area contributed by atoms with Crippen LogP contribution >= 0.6 is 0 Å². The molecule has 126 valence electrons. The van der Waals surface area contributed by atoms with Crippen LogP contribution < -0.4 is 9.64 Å². The van der Waals surface area contributed by atoms with Crippen LogP contribution in [0.15, 0.2) is 24.3 Å². The molecule has 1 aromatic carbocycles. The summed E-state index contributed by atoms with van der Waals surface area (Å²) in [6, 6.07) is 6.41. The van der Waals surface area contributed by atoms with Crippen molar-refractivity contribution >= 4 is 25.4 Å². The molecule has 0 fully saturated rings. The fourth-order valence-corrected chi connectivity index (χ4v) is 3.10. The van der Waals surface area contributed by atoms with Gasteiger partial charge in [-0.15, -0.1) is 0 Å². The van der Waals surface area contributed by atoms with E-state index in [1.165, 1.54) is 0 Å². The maximum Gasteiger partial charge on any atom is 0.414 e. The number of methoxy groups -OCH3 is 1. The first kappa shape index (κ1) is 17.6. The van der Waals surface area contributed by atoms with Gasteiger partial charge in [-0.3, -0.25) is 4.90 Å². The van der Waals surface area contributed by atoms with Crippen LogP contribution in [0.2, 0.25) is 25.7 Å². The number of benzene rings is 1. The summed E-state index contributed by atoms with van der Waals surface area (Å²) in [6.07, 6.45) is 1.50. The standard InChI is InChI=1S/C17H25NO4Si/c1-21-14-5-6-16-15(11-14)13(12-19)7-8-18(16)17(20)22-9-10-23(2,3)4/h5-7,11,19H,8-10,12H2,1-4H3. The second kappa shape index (κ2) is 7.19. The fourth-order valence-electron chi connectivity index (χ4n) is 2.39. The summed E-state index contributed by atoms with van der Waals surface area (Å²) in [5.74, 6) is 0.692. The molecule has 0 saturated carbocycles. The second-order valence-electron chi connectivity index (χ2n) is 6.81. The largest absolute Gasteiger partial charge is 0.497 e. The predicted octanol–water partition coefficient (Wildman–Crippen LogP) is 3.37. The third-order valence-electron chi connectivity index (χ3n) is 3.83. The minimum Gasteiger partial charge on any atom is -0.497 e. The highest BCUT2D eigenvalue weighted by Crippen LogP contribution is 2.34. The Morgan fingerprint density at radius 2 is 2.09 bits per heavy atom. The SMILES string of the molecule is COc1ccc2c(c1)C(CO)=CCN2C(=O)OCC[Si](C)(C)C. The lowest BCUT2D eigenvalue weighted by atomic mass is 9.99. The van der Waals surface area contributed by atoms with Crippen LogP contribution in [-0.4, -0.2) is 46.1 Å². The van der Waals surface area contributed by atoms with E-state index in [4.69, 9.17) is 9.47 Å². The number of nitrogens with zero attached hydrogens (tertiary/aromatic N) is 1. The van der Waals surface area contributed by atoms with Gasteiger partial charge in [0.2, 0.25) is 0 Å². The Labute approximate surface area is 138 Å². The van der Waals surface area contributed by atoms with Gasteiger partial charge in [-0.05, 0) is 29.8 Å². The van der Waals surface area contributed by atoms with Gasteiger partial charge in [-0.25, -0.2) is 4.79 Å². The van der Waals surface area contributed by atoms with Crippen molar-refractivity contribution in [2.24, 2.45) is 0 Å². The summed E-state index contributed by atoms with van der Waals surface area (Å²) in [6.45, 7) is 7.53. The van der Waals surface area contributed by atoms with E-state index in [9.17, 15) is 9.90 Å². The molecule has 0 unspecified atom stereocenters. The third-order valence-corrected chi connectivity index (χ3v) is 5.53. The molecule has 1 aliphatic heterocycles.